The summed E-state index contributed by atoms with van der Waals surface area (Å²) in [5.74, 6) is -1.07. The molecule has 0 radical (unpaired) electrons. The van der Waals surface area contributed by atoms with Crippen LogP contribution in [0, 0.1) is 11.7 Å². The van der Waals surface area contributed by atoms with Gasteiger partial charge in [0.15, 0.2) is 0 Å². The topological polar surface area (TPSA) is 55.1 Å². The van der Waals surface area contributed by atoms with Crippen LogP contribution in [0.4, 0.5) is 10.1 Å². The number of nitrogens with one attached hydrogen (secondary N) is 1. The minimum atomic E-state index is -0.481. The summed E-state index contributed by atoms with van der Waals surface area (Å²) in [5, 5.41) is 2.71. The Balaban J connectivity index is 2.34. The van der Waals surface area contributed by atoms with Gasteiger partial charge in [-0.1, -0.05) is 62.4 Å². The molecule has 0 fully saturated rings. The van der Waals surface area contributed by atoms with Gasteiger partial charge in [-0.2, -0.15) is 0 Å². The molecule has 24 heavy (non-hydrogen) atoms. The van der Waals surface area contributed by atoms with Crippen molar-refractivity contribution in [3.05, 3.63) is 72.1 Å². The van der Waals surface area contributed by atoms with Crippen LogP contribution < -0.4 is 11.1 Å². The summed E-state index contributed by atoms with van der Waals surface area (Å²) >= 11 is 0. The predicted molar refractivity (Wildman–Crippen MR) is 97.1 cm³/mol. The number of halogens is 1. The predicted octanol–water partition coefficient (Wildman–Crippen LogP) is 4.20. The fraction of sp³-hybridized carbons (Fsp3) is 0.250. The van der Waals surface area contributed by atoms with E-state index in [1.165, 1.54) is 6.07 Å². The minimum Gasteiger partial charge on any atom is -0.330 e. The third-order valence-corrected chi connectivity index (χ3v) is 4.00. The first-order valence-electron chi connectivity index (χ1n) is 8.12. The largest absolute Gasteiger partial charge is 0.330 e. The Kier molecular flexibility index (Phi) is 6.27. The normalized spacial score (nSPS) is 11.8. The Morgan fingerprint density at radius 2 is 1.92 bits per heavy atom. The summed E-state index contributed by atoms with van der Waals surface area (Å²) in [6.45, 7) is 6.29. The van der Waals surface area contributed by atoms with Gasteiger partial charge in [0.1, 0.15) is 5.82 Å². The van der Waals surface area contributed by atoms with Crippen LogP contribution in [0.5, 0.6) is 0 Å². The molecule has 2 aromatic carbocycles. The van der Waals surface area contributed by atoms with Crippen LogP contribution in [0.1, 0.15) is 30.9 Å². The van der Waals surface area contributed by atoms with Crippen LogP contribution in [-0.4, -0.2) is 12.5 Å². The second kappa shape index (κ2) is 8.41. The molecule has 0 heterocycles. The zero-order chi connectivity index (χ0) is 17.5. The SMILES string of the molecule is C=C(c1ccccc1)c1cccc(F)c1NC(=O)C(CN)CCC. The van der Waals surface area contributed by atoms with E-state index in [0.717, 1.165) is 12.0 Å². The van der Waals surface area contributed by atoms with E-state index in [2.05, 4.69) is 11.9 Å². The second-order valence-corrected chi connectivity index (χ2v) is 5.72. The molecule has 0 saturated heterocycles. The van der Waals surface area contributed by atoms with Crippen molar-refractivity contribution in [1.29, 1.82) is 0 Å². The lowest BCUT2D eigenvalue weighted by molar-refractivity contribution is -0.119. The summed E-state index contributed by atoms with van der Waals surface area (Å²) in [5.41, 5.74) is 7.93. The van der Waals surface area contributed by atoms with E-state index in [1.807, 2.05) is 37.3 Å². The number of hydrogen-bond acceptors (Lipinski definition) is 2. The smallest absolute Gasteiger partial charge is 0.228 e. The van der Waals surface area contributed by atoms with Crippen molar-refractivity contribution in [1.82, 2.24) is 0 Å². The van der Waals surface area contributed by atoms with Crippen molar-refractivity contribution >= 4 is 17.2 Å². The number of nitrogens with two attached hydrogens (primary N) is 1. The van der Waals surface area contributed by atoms with Gasteiger partial charge < -0.3 is 11.1 Å². The molecule has 0 bridgehead atoms. The molecular weight excluding hydrogens is 303 g/mol. The molecule has 2 rings (SSSR count). The molecule has 0 aliphatic rings. The highest BCUT2D eigenvalue weighted by atomic mass is 19.1. The second-order valence-electron chi connectivity index (χ2n) is 5.72. The first-order valence-corrected chi connectivity index (χ1v) is 8.12. The third-order valence-electron chi connectivity index (χ3n) is 4.00. The maximum Gasteiger partial charge on any atom is 0.228 e. The fourth-order valence-corrected chi connectivity index (χ4v) is 2.63. The van der Waals surface area contributed by atoms with Gasteiger partial charge in [-0.05, 0) is 23.6 Å². The minimum absolute atomic E-state index is 0.158. The van der Waals surface area contributed by atoms with Crippen molar-refractivity contribution in [3.63, 3.8) is 0 Å². The Morgan fingerprint density at radius 1 is 1.21 bits per heavy atom. The highest BCUT2D eigenvalue weighted by Crippen LogP contribution is 2.30. The lowest BCUT2D eigenvalue weighted by Crippen LogP contribution is -2.29. The summed E-state index contributed by atoms with van der Waals surface area (Å²) in [6.07, 6.45) is 1.52. The molecule has 2 aromatic rings. The molecule has 0 aromatic heterocycles. The number of amides is 1. The van der Waals surface area contributed by atoms with Crippen LogP contribution in [0.25, 0.3) is 5.57 Å². The lowest BCUT2D eigenvalue weighted by Gasteiger charge is -2.18. The van der Waals surface area contributed by atoms with E-state index in [0.29, 0.717) is 17.6 Å². The Labute approximate surface area is 142 Å². The first-order chi connectivity index (χ1) is 11.6. The maximum absolute atomic E-state index is 14.4. The molecule has 0 aliphatic carbocycles. The van der Waals surface area contributed by atoms with Crippen LogP contribution in [0.2, 0.25) is 0 Å². The molecule has 1 unspecified atom stereocenters. The quantitative estimate of drug-likeness (QED) is 0.801. The number of para-hydroxylation sites is 1. The van der Waals surface area contributed by atoms with E-state index in [4.69, 9.17) is 5.73 Å². The Morgan fingerprint density at radius 3 is 2.54 bits per heavy atom. The van der Waals surface area contributed by atoms with Crippen molar-refractivity contribution in [2.75, 3.05) is 11.9 Å². The van der Waals surface area contributed by atoms with Crippen molar-refractivity contribution in [2.24, 2.45) is 11.7 Å². The standard InChI is InChI=1S/C20H23FN2O/c1-3-8-16(13-22)20(24)23-19-17(11-7-12-18(19)21)14(2)15-9-5-4-6-10-15/h4-7,9-12,16H,2-3,8,13,22H2,1H3,(H,23,24). The van der Waals surface area contributed by atoms with Crippen molar-refractivity contribution in [3.8, 4) is 0 Å². The molecule has 0 saturated carbocycles. The molecule has 1 atom stereocenters. The molecule has 3 N–H and O–H groups in total. The van der Waals surface area contributed by atoms with E-state index < -0.39 is 5.82 Å². The number of carbonyl (C=O) groups is 1. The Hall–Kier alpha value is -2.46. The van der Waals surface area contributed by atoms with Gasteiger partial charge in [0, 0.05) is 12.1 Å². The zero-order valence-corrected chi connectivity index (χ0v) is 13.9. The number of hydrogen-bond donors (Lipinski definition) is 2. The van der Waals surface area contributed by atoms with Gasteiger partial charge in [0.05, 0.1) is 11.6 Å². The number of benzene rings is 2. The summed E-state index contributed by atoms with van der Waals surface area (Å²) in [4.78, 5) is 12.4. The van der Waals surface area contributed by atoms with Gasteiger partial charge in [0.25, 0.3) is 0 Å². The number of anilines is 1. The van der Waals surface area contributed by atoms with Gasteiger partial charge >= 0.3 is 0 Å². The summed E-state index contributed by atoms with van der Waals surface area (Å²) in [7, 11) is 0. The van der Waals surface area contributed by atoms with Crippen molar-refractivity contribution < 1.29 is 9.18 Å². The van der Waals surface area contributed by atoms with E-state index in [-0.39, 0.29) is 24.1 Å². The number of rotatable bonds is 7. The Bertz CT molecular complexity index is 713. The van der Waals surface area contributed by atoms with E-state index in [1.54, 1.807) is 12.1 Å². The van der Waals surface area contributed by atoms with Gasteiger partial charge in [0.2, 0.25) is 5.91 Å². The molecular formula is C20H23FN2O. The highest BCUT2D eigenvalue weighted by Gasteiger charge is 2.20. The van der Waals surface area contributed by atoms with Crippen molar-refractivity contribution in [2.45, 2.75) is 19.8 Å². The monoisotopic (exact) mass is 326 g/mol. The van der Waals surface area contributed by atoms with E-state index >= 15 is 0 Å². The molecule has 0 aliphatic heterocycles. The molecule has 126 valence electrons. The van der Waals surface area contributed by atoms with Crippen LogP contribution in [0.15, 0.2) is 55.1 Å². The molecule has 4 heteroatoms. The summed E-state index contributed by atoms with van der Waals surface area (Å²) in [6, 6.07) is 14.2. The lowest BCUT2D eigenvalue weighted by atomic mass is 9.97. The van der Waals surface area contributed by atoms with Gasteiger partial charge in [-0.3, -0.25) is 4.79 Å². The van der Waals surface area contributed by atoms with Crippen LogP contribution in [0.3, 0.4) is 0 Å². The van der Waals surface area contributed by atoms with Gasteiger partial charge in [-0.25, -0.2) is 4.39 Å². The van der Waals surface area contributed by atoms with E-state index in [9.17, 15) is 9.18 Å². The zero-order valence-electron chi connectivity index (χ0n) is 13.9. The third kappa shape index (κ3) is 4.09. The highest BCUT2D eigenvalue weighted by molar-refractivity contribution is 5.97. The average Bonchev–Trinajstić information content (AvgIpc) is 2.61. The average molecular weight is 326 g/mol. The summed E-state index contributed by atoms with van der Waals surface area (Å²) < 4.78 is 14.4. The van der Waals surface area contributed by atoms with Crippen LogP contribution >= 0.6 is 0 Å². The maximum atomic E-state index is 14.4. The fourth-order valence-electron chi connectivity index (χ4n) is 2.63. The first kappa shape index (κ1) is 17.9. The van der Waals surface area contributed by atoms with Gasteiger partial charge in [-0.15, -0.1) is 0 Å². The van der Waals surface area contributed by atoms with Crippen LogP contribution in [-0.2, 0) is 4.79 Å². The number of carbonyl (C=O) groups excluding carboxylic acids is 1. The molecule has 3 nitrogen and oxygen atoms in total. The molecule has 1 amide bonds. The molecule has 0 spiro atoms.